The number of carboxylic acid groups (broad SMARTS) is 1. The molecule has 0 aliphatic carbocycles. The highest BCUT2D eigenvalue weighted by molar-refractivity contribution is 5.72. The summed E-state index contributed by atoms with van der Waals surface area (Å²) in [6, 6.07) is -0.626. The Labute approximate surface area is 354 Å². The standard InChI is InChI=1S/C50H83NO7/c1-6-8-10-12-14-16-18-20-22-23-24-25-27-29-31-33-35-37-39-41-49(53)58-46(44-56-43-42-47(50(54)55)51(3,4)5)45-57-48(52)40-38-36-34-32-30-28-26-21-19-17-15-13-11-9-7-2/h9,11,13-21,26,28,30,46-47H,6-8,10,12,22-25,27,29,31-45H2,1-5H3/p+1/b11-9+,15-13+,16-14+,19-17+,20-18+,26-21+,30-28+. The lowest BCUT2D eigenvalue weighted by Crippen LogP contribution is -2.50. The lowest BCUT2D eigenvalue weighted by atomic mass is 10.1. The summed E-state index contributed by atoms with van der Waals surface area (Å²) in [5.74, 6) is -1.54. The van der Waals surface area contributed by atoms with Gasteiger partial charge in [0.15, 0.2) is 12.1 Å². The van der Waals surface area contributed by atoms with Gasteiger partial charge in [0, 0.05) is 19.3 Å². The molecule has 8 heteroatoms. The first kappa shape index (κ1) is 54.5. The van der Waals surface area contributed by atoms with Crippen LogP contribution in [-0.4, -0.2) is 80.6 Å². The summed E-state index contributed by atoms with van der Waals surface area (Å²) in [7, 11) is 5.50. The maximum Gasteiger partial charge on any atom is 0.362 e. The van der Waals surface area contributed by atoms with Gasteiger partial charge < -0.3 is 23.8 Å². The number of quaternary nitrogens is 1. The quantitative estimate of drug-likeness (QED) is 0.0286. The zero-order chi connectivity index (χ0) is 42.8. The van der Waals surface area contributed by atoms with Gasteiger partial charge in [-0.05, 0) is 57.8 Å². The van der Waals surface area contributed by atoms with E-state index in [9.17, 15) is 19.5 Å². The molecule has 0 aliphatic heterocycles. The maximum absolute atomic E-state index is 12.7. The molecule has 2 unspecified atom stereocenters. The van der Waals surface area contributed by atoms with Gasteiger partial charge >= 0.3 is 17.9 Å². The largest absolute Gasteiger partial charge is 0.477 e. The van der Waals surface area contributed by atoms with Crippen LogP contribution in [0.5, 0.6) is 0 Å². The van der Waals surface area contributed by atoms with E-state index in [0.29, 0.717) is 19.3 Å². The fourth-order valence-electron chi connectivity index (χ4n) is 6.16. The van der Waals surface area contributed by atoms with Gasteiger partial charge in [0.05, 0.1) is 34.4 Å². The Morgan fingerprint density at radius 1 is 0.534 bits per heavy atom. The molecule has 0 aliphatic rings. The van der Waals surface area contributed by atoms with Crippen molar-refractivity contribution in [3.05, 3.63) is 85.1 Å². The van der Waals surface area contributed by atoms with Crippen molar-refractivity contribution in [1.82, 2.24) is 0 Å². The fourth-order valence-corrected chi connectivity index (χ4v) is 6.16. The van der Waals surface area contributed by atoms with Crippen molar-refractivity contribution in [1.29, 1.82) is 0 Å². The number of allylic oxidation sites excluding steroid dienone is 14. The summed E-state index contributed by atoms with van der Waals surface area (Å²) in [6.07, 6.45) is 51.9. The van der Waals surface area contributed by atoms with E-state index < -0.39 is 18.1 Å². The SMILES string of the molecule is CC/C=C/C=C/C=C/C=C/C=C/CCCCCC(=O)OCC(COCCC(C(=O)O)[N+](C)(C)C)OC(=O)CCCCCCCCCCCC/C=C/C=C/CCCCC. The Bertz CT molecular complexity index is 1220. The third kappa shape index (κ3) is 38.1. The monoisotopic (exact) mass is 811 g/mol. The molecule has 58 heavy (non-hydrogen) atoms. The molecule has 0 aromatic rings. The molecule has 0 amide bonds. The molecular formula is C50H84NO7+. The highest BCUT2D eigenvalue weighted by Gasteiger charge is 2.31. The number of aliphatic carboxylic acids is 1. The van der Waals surface area contributed by atoms with E-state index in [1.807, 2.05) is 69.8 Å². The minimum absolute atomic E-state index is 0.0410. The Hall–Kier alpha value is -3.49. The van der Waals surface area contributed by atoms with Crippen LogP contribution in [0, 0.1) is 0 Å². The Kier molecular flexibility index (Phi) is 37.9. The van der Waals surface area contributed by atoms with Crippen molar-refractivity contribution in [3.8, 4) is 0 Å². The Morgan fingerprint density at radius 2 is 0.966 bits per heavy atom. The van der Waals surface area contributed by atoms with Crippen molar-refractivity contribution < 1.29 is 38.2 Å². The van der Waals surface area contributed by atoms with Gasteiger partial charge in [0.1, 0.15) is 6.61 Å². The smallest absolute Gasteiger partial charge is 0.362 e. The molecule has 0 saturated carbocycles. The lowest BCUT2D eigenvalue weighted by Gasteiger charge is -2.31. The predicted molar refractivity (Wildman–Crippen MR) is 243 cm³/mol. The van der Waals surface area contributed by atoms with Gasteiger partial charge in [-0.2, -0.15) is 0 Å². The number of hydrogen-bond donors (Lipinski definition) is 1. The number of likely N-dealkylation sites (N-methyl/N-ethyl adjacent to an activating group) is 1. The molecule has 0 bridgehead atoms. The van der Waals surface area contributed by atoms with Crippen molar-refractivity contribution in [2.24, 2.45) is 0 Å². The van der Waals surface area contributed by atoms with Gasteiger partial charge in [0.25, 0.3) is 0 Å². The second-order valence-electron chi connectivity index (χ2n) is 16.1. The van der Waals surface area contributed by atoms with Crippen LogP contribution in [0.3, 0.4) is 0 Å². The summed E-state index contributed by atoms with van der Waals surface area (Å²) in [4.78, 5) is 37.0. The molecule has 2 atom stereocenters. The molecule has 0 heterocycles. The van der Waals surface area contributed by atoms with Gasteiger partial charge in [-0.3, -0.25) is 9.59 Å². The number of ether oxygens (including phenoxy) is 3. The van der Waals surface area contributed by atoms with E-state index in [2.05, 4.69) is 50.3 Å². The minimum Gasteiger partial charge on any atom is -0.477 e. The van der Waals surface area contributed by atoms with E-state index in [-0.39, 0.29) is 36.2 Å². The average molecular weight is 811 g/mol. The Balaban J connectivity index is 4.40. The molecule has 0 aromatic heterocycles. The number of carbonyl (C=O) groups excluding carboxylic acids is 2. The molecule has 330 valence electrons. The molecule has 0 saturated heterocycles. The summed E-state index contributed by atoms with van der Waals surface area (Å²) < 4.78 is 17.2. The zero-order valence-corrected chi connectivity index (χ0v) is 37.5. The van der Waals surface area contributed by atoms with Gasteiger partial charge in [0.2, 0.25) is 0 Å². The first-order valence-electron chi connectivity index (χ1n) is 22.7. The van der Waals surface area contributed by atoms with Crippen molar-refractivity contribution >= 4 is 17.9 Å². The summed E-state index contributed by atoms with van der Waals surface area (Å²) in [5.41, 5.74) is 0. The van der Waals surface area contributed by atoms with Crippen LogP contribution in [0.4, 0.5) is 0 Å². The number of nitrogens with zero attached hydrogens (tertiary/aromatic N) is 1. The van der Waals surface area contributed by atoms with Crippen LogP contribution in [-0.2, 0) is 28.6 Å². The molecule has 0 spiro atoms. The Morgan fingerprint density at radius 3 is 1.47 bits per heavy atom. The summed E-state index contributed by atoms with van der Waals surface area (Å²) in [6.45, 7) is 4.50. The predicted octanol–water partition coefficient (Wildman–Crippen LogP) is 12.5. The third-order valence-electron chi connectivity index (χ3n) is 9.68. The van der Waals surface area contributed by atoms with Crippen molar-refractivity contribution in [3.63, 3.8) is 0 Å². The topological polar surface area (TPSA) is 99.1 Å². The molecular weight excluding hydrogens is 727 g/mol. The number of carbonyl (C=O) groups is 3. The average Bonchev–Trinajstić information content (AvgIpc) is 3.18. The number of unbranched alkanes of at least 4 members (excludes halogenated alkanes) is 16. The van der Waals surface area contributed by atoms with Gasteiger partial charge in [-0.25, -0.2) is 4.79 Å². The number of hydrogen-bond acceptors (Lipinski definition) is 6. The highest BCUT2D eigenvalue weighted by atomic mass is 16.6. The maximum atomic E-state index is 12.7. The van der Waals surface area contributed by atoms with Crippen LogP contribution >= 0.6 is 0 Å². The van der Waals surface area contributed by atoms with Crippen LogP contribution < -0.4 is 0 Å². The van der Waals surface area contributed by atoms with Crippen LogP contribution in [0.15, 0.2) is 85.1 Å². The van der Waals surface area contributed by atoms with Crippen LogP contribution in [0.2, 0.25) is 0 Å². The zero-order valence-electron chi connectivity index (χ0n) is 37.5. The third-order valence-corrected chi connectivity index (χ3v) is 9.68. The van der Waals surface area contributed by atoms with Crippen molar-refractivity contribution in [2.45, 2.75) is 174 Å². The molecule has 0 rings (SSSR count). The number of rotatable bonds is 39. The summed E-state index contributed by atoms with van der Waals surface area (Å²) in [5, 5.41) is 9.63. The molecule has 1 N–H and O–H groups in total. The fraction of sp³-hybridized carbons (Fsp3) is 0.660. The summed E-state index contributed by atoms with van der Waals surface area (Å²) >= 11 is 0. The molecule has 0 radical (unpaired) electrons. The van der Waals surface area contributed by atoms with E-state index in [4.69, 9.17) is 14.2 Å². The van der Waals surface area contributed by atoms with Gasteiger partial charge in [-0.15, -0.1) is 0 Å². The number of esters is 2. The van der Waals surface area contributed by atoms with Gasteiger partial charge in [-0.1, -0.05) is 170 Å². The van der Waals surface area contributed by atoms with E-state index in [1.165, 1.54) is 70.6 Å². The second-order valence-corrected chi connectivity index (χ2v) is 16.1. The molecule has 0 fully saturated rings. The first-order valence-corrected chi connectivity index (χ1v) is 22.7. The molecule has 8 nitrogen and oxygen atoms in total. The van der Waals surface area contributed by atoms with E-state index in [1.54, 1.807) is 0 Å². The van der Waals surface area contributed by atoms with Crippen LogP contribution in [0.25, 0.3) is 0 Å². The normalized spacial score (nSPS) is 13.7. The number of carboxylic acids is 1. The van der Waals surface area contributed by atoms with Crippen molar-refractivity contribution in [2.75, 3.05) is 41.0 Å². The second kappa shape index (κ2) is 40.3. The van der Waals surface area contributed by atoms with Crippen LogP contribution in [0.1, 0.15) is 162 Å². The molecule has 0 aromatic carbocycles. The van der Waals surface area contributed by atoms with E-state index in [0.717, 1.165) is 57.8 Å². The minimum atomic E-state index is -0.885. The first-order chi connectivity index (χ1) is 28.1. The van der Waals surface area contributed by atoms with E-state index >= 15 is 0 Å². The lowest BCUT2D eigenvalue weighted by molar-refractivity contribution is -0.887. The highest BCUT2D eigenvalue weighted by Crippen LogP contribution is 2.14.